The number of aromatic nitrogens is 4. The molecule has 2 aromatic carbocycles. The van der Waals surface area contributed by atoms with Crippen molar-refractivity contribution in [2.75, 3.05) is 32.2 Å². The van der Waals surface area contributed by atoms with Gasteiger partial charge in [0.05, 0.1) is 30.4 Å². The molecule has 2 saturated heterocycles. The number of nitrogens with zero attached hydrogens (tertiary/aromatic N) is 5. The van der Waals surface area contributed by atoms with Crippen LogP contribution < -0.4 is 10.2 Å². The standard InChI is InChI=1S/C23H24N6O5/c1-28(2)14-9-7-13(8-10-14)21-25-26-27-29(21)18-12-34-19-17(11-33-20(18)19)24-22(30)15-5-3-4-6-16(15)23(31)32/h3-10,17-20H,11-12H2,1-2H3,(H,24,30)(H,31,32)/t17-,18-,19+,20+/m0/s1. The number of hydrogen-bond donors (Lipinski definition) is 2. The Morgan fingerprint density at radius 3 is 2.44 bits per heavy atom. The number of ether oxygens (including phenoxy) is 2. The highest BCUT2D eigenvalue weighted by Crippen LogP contribution is 2.36. The van der Waals surface area contributed by atoms with Gasteiger partial charge in [-0.25, -0.2) is 9.48 Å². The zero-order valence-corrected chi connectivity index (χ0v) is 18.7. The maximum atomic E-state index is 12.8. The van der Waals surface area contributed by atoms with E-state index in [2.05, 4.69) is 20.8 Å². The molecule has 0 aliphatic carbocycles. The number of hydrogen-bond acceptors (Lipinski definition) is 8. The summed E-state index contributed by atoms with van der Waals surface area (Å²) in [6.07, 6.45) is -0.762. The summed E-state index contributed by atoms with van der Waals surface area (Å²) in [6.45, 7) is 0.559. The zero-order valence-electron chi connectivity index (χ0n) is 18.7. The number of tetrazole rings is 1. The first kappa shape index (κ1) is 22.0. The number of rotatable bonds is 6. The Balaban J connectivity index is 1.32. The Hall–Kier alpha value is -3.83. The molecule has 1 amide bonds. The zero-order chi connectivity index (χ0) is 23.8. The fourth-order valence-corrected chi connectivity index (χ4v) is 4.44. The minimum Gasteiger partial charge on any atom is -0.478 e. The van der Waals surface area contributed by atoms with Gasteiger partial charge in [0.2, 0.25) is 0 Å². The lowest BCUT2D eigenvalue weighted by molar-refractivity contribution is 0.0613. The van der Waals surface area contributed by atoms with E-state index in [1.54, 1.807) is 16.8 Å². The first-order valence-corrected chi connectivity index (χ1v) is 10.9. The van der Waals surface area contributed by atoms with Crippen LogP contribution in [0.2, 0.25) is 0 Å². The average Bonchev–Trinajstić information content (AvgIpc) is 3.56. The largest absolute Gasteiger partial charge is 0.478 e. The maximum absolute atomic E-state index is 12.8. The summed E-state index contributed by atoms with van der Waals surface area (Å²) in [5, 5.41) is 24.5. The lowest BCUT2D eigenvalue weighted by Gasteiger charge is -2.19. The molecule has 3 heterocycles. The number of amides is 1. The van der Waals surface area contributed by atoms with Gasteiger partial charge in [0.25, 0.3) is 5.91 Å². The number of benzene rings is 2. The van der Waals surface area contributed by atoms with E-state index in [9.17, 15) is 14.7 Å². The number of carbonyl (C=O) groups excluding carboxylic acids is 1. The van der Waals surface area contributed by atoms with Crippen molar-refractivity contribution in [2.24, 2.45) is 0 Å². The molecule has 1 aromatic heterocycles. The van der Waals surface area contributed by atoms with Crippen LogP contribution in [0.3, 0.4) is 0 Å². The van der Waals surface area contributed by atoms with Crippen molar-refractivity contribution in [1.82, 2.24) is 25.5 Å². The first-order chi connectivity index (χ1) is 16.4. The number of carbonyl (C=O) groups is 2. The molecular weight excluding hydrogens is 440 g/mol. The van der Waals surface area contributed by atoms with Crippen molar-refractivity contribution in [1.29, 1.82) is 0 Å². The van der Waals surface area contributed by atoms with Gasteiger partial charge in [-0.05, 0) is 46.8 Å². The molecule has 11 heteroatoms. The minimum atomic E-state index is -1.16. The Morgan fingerprint density at radius 2 is 1.74 bits per heavy atom. The Labute approximate surface area is 195 Å². The van der Waals surface area contributed by atoms with E-state index in [0.717, 1.165) is 11.3 Å². The van der Waals surface area contributed by atoms with Gasteiger partial charge in [-0.1, -0.05) is 12.1 Å². The van der Waals surface area contributed by atoms with E-state index in [4.69, 9.17) is 9.47 Å². The summed E-state index contributed by atoms with van der Waals surface area (Å²) in [6, 6.07) is 13.3. The van der Waals surface area contributed by atoms with Crippen LogP contribution in [-0.2, 0) is 9.47 Å². The molecule has 2 fully saturated rings. The van der Waals surface area contributed by atoms with Gasteiger partial charge in [0, 0.05) is 25.3 Å². The maximum Gasteiger partial charge on any atom is 0.336 e. The van der Waals surface area contributed by atoms with Crippen LogP contribution in [0, 0.1) is 0 Å². The normalized spacial score (nSPS) is 23.5. The van der Waals surface area contributed by atoms with Gasteiger partial charge in [-0.3, -0.25) is 4.79 Å². The highest BCUT2D eigenvalue weighted by molar-refractivity contribution is 6.04. The topological polar surface area (TPSA) is 132 Å². The molecule has 0 unspecified atom stereocenters. The second kappa shape index (κ2) is 8.84. The second-order valence-corrected chi connectivity index (χ2v) is 8.48. The van der Waals surface area contributed by atoms with Crippen molar-refractivity contribution in [3.63, 3.8) is 0 Å². The van der Waals surface area contributed by atoms with Crippen LogP contribution in [0.5, 0.6) is 0 Å². The number of carboxylic acids is 1. The molecule has 5 rings (SSSR count). The van der Waals surface area contributed by atoms with Crippen molar-refractivity contribution in [3.8, 4) is 11.4 Å². The summed E-state index contributed by atoms with van der Waals surface area (Å²) < 4.78 is 13.7. The van der Waals surface area contributed by atoms with Crippen molar-refractivity contribution in [3.05, 3.63) is 59.7 Å². The van der Waals surface area contributed by atoms with Gasteiger partial charge < -0.3 is 24.8 Å². The Morgan fingerprint density at radius 1 is 1.03 bits per heavy atom. The number of carboxylic acid groups (broad SMARTS) is 1. The predicted octanol–water partition coefficient (Wildman–Crippen LogP) is 1.24. The molecule has 2 N–H and O–H groups in total. The average molecular weight is 464 g/mol. The molecular formula is C23H24N6O5. The van der Waals surface area contributed by atoms with Crippen LogP contribution in [0.15, 0.2) is 48.5 Å². The van der Waals surface area contributed by atoms with E-state index < -0.39 is 24.0 Å². The summed E-state index contributed by atoms with van der Waals surface area (Å²) in [5.74, 6) is -1.04. The number of anilines is 1. The molecule has 0 saturated carbocycles. The third-order valence-corrected chi connectivity index (χ3v) is 6.19. The van der Waals surface area contributed by atoms with Crippen LogP contribution >= 0.6 is 0 Å². The van der Waals surface area contributed by atoms with Gasteiger partial charge >= 0.3 is 5.97 Å². The van der Waals surface area contributed by atoms with E-state index in [0.29, 0.717) is 12.4 Å². The van der Waals surface area contributed by atoms with Crippen LogP contribution in [0.1, 0.15) is 26.8 Å². The number of fused-ring (bicyclic) bond motifs is 1. The molecule has 0 bridgehead atoms. The molecule has 0 radical (unpaired) electrons. The van der Waals surface area contributed by atoms with E-state index in [1.807, 2.05) is 43.3 Å². The lowest BCUT2D eigenvalue weighted by atomic mass is 10.0. The molecule has 2 aliphatic heterocycles. The fourth-order valence-electron chi connectivity index (χ4n) is 4.44. The van der Waals surface area contributed by atoms with E-state index in [1.165, 1.54) is 12.1 Å². The Bertz CT molecular complexity index is 1210. The Kier molecular flexibility index (Phi) is 5.72. The van der Waals surface area contributed by atoms with Gasteiger partial charge in [0.1, 0.15) is 18.2 Å². The van der Waals surface area contributed by atoms with E-state index in [-0.39, 0.29) is 29.9 Å². The molecule has 11 nitrogen and oxygen atoms in total. The molecule has 3 aromatic rings. The molecule has 2 aliphatic rings. The molecule has 0 spiro atoms. The summed E-state index contributed by atoms with van der Waals surface area (Å²) in [7, 11) is 3.95. The van der Waals surface area contributed by atoms with Gasteiger partial charge in [-0.2, -0.15) is 0 Å². The van der Waals surface area contributed by atoms with Gasteiger partial charge in [-0.15, -0.1) is 5.10 Å². The third kappa shape index (κ3) is 3.88. The van der Waals surface area contributed by atoms with Gasteiger partial charge in [0.15, 0.2) is 5.82 Å². The summed E-state index contributed by atoms with van der Waals surface area (Å²) in [5.41, 5.74) is 1.97. The predicted molar refractivity (Wildman–Crippen MR) is 121 cm³/mol. The van der Waals surface area contributed by atoms with Crippen LogP contribution in [0.25, 0.3) is 11.4 Å². The van der Waals surface area contributed by atoms with Crippen molar-refractivity contribution < 1.29 is 24.2 Å². The number of aromatic carboxylic acids is 1. The molecule has 176 valence electrons. The molecule has 34 heavy (non-hydrogen) atoms. The fraction of sp³-hybridized carbons (Fsp3) is 0.348. The van der Waals surface area contributed by atoms with Crippen LogP contribution in [0.4, 0.5) is 5.69 Å². The highest BCUT2D eigenvalue weighted by atomic mass is 16.6. The first-order valence-electron chi connectivity index (χ1n) is 10.9. The monoisotopic (exact) mass is 464 g/mol. The smallest absolute Gasteiger partial charge is 0.336 e. The quantitative estimate of drug-likeness (QED) is 0.553. The highest BCUT2D eigenvalue weighted by Gasteiger charge is 2.50. The van der Waals surface area contributed by atoms with E-state index >= 15 is 0 Å². The lowest BCUT2D eigenvalue weighted by Crippen LogP contribution is -2.44. The summed E-state index contributed by atoms with van der Waals surface area (Å²) in [4.78, 5) is 26.3. The van der Waals surface area contributed by atoms with Crippen molar-refractivity contribution >= 4 is 17.6 Å². The van der Waals surface area contributed by atoms with Crippen molar-refractivity contribution in [2.45, 2.75) is 24.3 Å². The molecule has 4 atom stereocenters. The SMILES string of the molecule is CN(C)c1ccc(-c2nnnn2[C@H]2CO[C@H]3[C@@H]2OC[C@@H]3NC(=O)c2ccccc2C(=O)O)cc1. The second-order valence-electron chi connectivity index (χ2n) is 8.48. The summed E-state index contributed by atoms with van der Waals surface area (Å²) >= 11 is 0. The van der Waals surface area contributed by atoms with Crippen LogP contribution in [-0.4, -0.2) is 82.7 Å². The minimum absolute atomic E-state index is 0.0562. The third-order valence-electron chi connectivity index (χ3n) is 6.19. The number of nitrogens with one attached hydrogen (secondary N) is 1.